The molecule has 0 bridgehead atoms. The van der Waals surface area contributed by atoms with E-state index in [1.165, 1.54) is 12.1 Å². The minimum Gasteiger partial charge on any atom is -0.326 e. The maximum Gasteiger partial charge on any atom is 0.240 e. The minimum atomic E-state index is -3.49. The van der Waals surface area contributed by atoms with Gasteiger partial charge < -0.3 is 10.6 Å². The molecule has 0 aliphatic carbocycles. The summed E-state index contributed by atoms with van der Waals surface area (Å²) in [5.74, 6) is -0.109. The third-order valence-electron chi connectivity index (χ3n) is 2.44. The van der Waals surface area contributed by atoms with Gasteiger partial charge in [-0.1, -0.05) is 6.92 Å². The molecule has 1 aromatic carbocycles. The molecule has 3 N–H and O–H groups in total. The average molecular weight is 285 g/mol. The summed E-state index contributed by atoms with van der Waals surface area (Å²) in [6.45, 7) is 2.64. The number of anilines is 1. The van der Waals surface area contributed by atoms with Gasteiger partial charge in [0, 0.05) is 25.2 Å². The zero-order valence-corrected chi connectivity index (χ0v) is 11.9. The van der Waals surface area contributed by atoms with Crippen LogP contribution in [0.25, 0.3) is 0 Å². The van der Waals surface area contributed by atoms with Crippen molar-refractivity contribution in [3.8, 4) is 0 Å². The fourth-order valence-corrected chi connectivity index (χ4v) is 2.39. The van der Waals surface area contributed by atoms with E-state index in [4.69, 9.17) is 0 Å². The number of sulfonamides is 1. The van der Waals surface area contributed by atoms with Crippen LogP contribution in [0.1, 0.15) is 13.3 Å². The highest BCUT2D eigenvalue weighted by Gasteiger charge is 2.12. The second-order valence-corrected chi connectivity index (χ2v) is 5.69. The molecule has 0 aromatic heterocycles. The number of likely N-dealkylation sites (N-methyl/N-ethyl adjacent to an activating group) is 1. The molecule has 19 heavy (non-hydrogen) atoms. The molecular weight excluding hydrogens is 266 g/mol. The van der Waals surface area contributed by atoms with Crippen LogP contribution < -0.4 is 15.4 Å². The van der Waals surface area contributed by atoms with Crippen LogP contribution >= 0.6 is 0 Å². The molecule has 0 saturated carbocycles. The van der Waals surface area contributed by atoms with Crippen LogP contribution in [-0.4, -0.2) is 34.5 Å². The van der Waals surface area contributed by atoms with Crippen molar-refractivity contribution in [1.29, 1.82) is 0 Å². The van der Waals surface area contributed by atoms with Crippen molar-refractivity contribution in [3.63, 3.8) is 0 Å². The summed E-state index contributed by atoms with van der Waals surface area (Å²) in [5.41, 5.74) is 0.584. The summed E-state index contributed by atoms with van der Waals surface area (Å²) in [6.07, 6.45) is 0.381. The molecule has 1 rings (SSSR count). The Kier molecular flexibility index (Phi) is 5.94. The Morgan fingerprint density at radius 1 is 1.16 bits per heavy atom. The van der Waals surface area contributed by atoms with E-state index in [9.17, 15) is 13.2 Å². The Morgan fingerprint density at radius 2 is 1.79 bits per heavy atom. The van der Waals surface area contributed by atoms with Gasteiger partial charge in [-0.2, -0.15) is 0 Å². The average Bonchev–Trinajstić information content (AvgIpc) is 2.39. The summed E-state index contributed by atoms with van der Waals surface area (Å²) in [6, 6.07) is 6.07. The molecule has 0 spiro atoms. The monoisotopic (exact) mass is 285 g/mol. The van der Waals surface area contributed by atoms with E-state index in [2.05, 4.69) is 15.4 Å². The molecule has 1 aromatic rings. The number of carbonyl (C=O) groups is 1. The van der Waals surface area contributed by atoms with Crippen molar-refractivity contribution in [2.75, 3.05) is 25.5 Å². The molecule has 106 valence electrons. The summed E-state index contributed by atoms with van der Waals surface area (Å²) >= 11 is 0. The summed E-state index contributed by atoms with van der Waals surface area (Å²) in [5, 5.41) is 5.51. The molecule has 0 fully saturated rings. The molecule has 0 saturated heterocycles. The third-order valence-corrected chi connectivity index (χ3v) is 3.91. The quantitative estimate of drug-likeness (QED) is 0.638. The van der Waals surface area contributed by atoms with E-state index in [0.29, 0.717) is 25.2 Å². The Hall–Kier alpha value is -1.44. The van der Waals surface area contributed by atoms with Gasteiger partial charge in [0.25, 0.3) is 0 Å². The van der Waals surface area contributed by atoms with Gasteiger partial charge >= 0.3 is 0 Å². The second kappa shape index (κ2) is 7.22. The lowest BCUT2D eigenvalue weighted by Crippen LogP contribution is -2.30. The van der Waals surface area contributed by atoms with Crippen molar-refractivity contribution in [3.05, 3.63) is 24.3 Å². The van der Waals surface area contributed by atoms with E-state index in [-0.39, 0.29) is 10.8 Å². The van der Waals surface area contributed by atoms with E-state index in [1.54, 1.807) is 26.1 Å². The fourth-order valence-electron chi connectivity index (χ4n) is 1.36. The van der Waals surface area contributed by atoms with Crippen LogP contribution in [0.4, 0.5) is 5.69 Å². The molecule has 0 atom stereocenters. The zero-order valence-electron chi connectivity index (χ0n) is 11.1. The number of carbonyl (C=O) groups excluding carboxylic acids is 1. The van der Waals surface area contributed by atoms with Gasteiger partial charge in [-0.3, -0.25) is 4.79 Å². The van der Waals surface area contributed by atoms with Crippen molar-refractivity contribution in [1.82, 2.24) is 10.0 Å². The van der Waals surface area contributed by atoms with Crippen molar-refractivity contribution in [2.45, 2.75) is 18.2 Å². The predicted octanol–water partition coefficient (Wildman–Crippen LogP) is 0.533. The Morgan fingerprint density at radius 3 is 2.32 bits per heavy atom. The van der Waals surface area contributed by atoms with E-state index in [0.717, 1.165) is 0 Å². The standard InChI is InChI=1S/C12H19N3O3S/c1-3-12(16)15-10-4-6-11(7-5-10)19(17,18)14-9-8-13-2/h4-7,13-14H,3,8-9H2,1-2H3,(H,15,16). The lowest BCUT2D eigenvalue weighted by Gasteiger charge is -2.08. The Balaban J connectivity index is 2.72. The van der Waals surface area contributed by atoms with Crippen molar-refractivity contribution >= 4 is 21.6 Å². The van der Waals surface area contributed by atoms with Gasteiger partial charge in [0.05, 0.1) is 4.90 Å². The number of nitrogens with one attached hydrogen (secondary N) is 3. The van der Waals surface area contributed by atoms with E-state index in [1.807, 2.05) is 0 Å². The lowest BCUT2D eigenvalue weighted by atomic mass is 10.3. The molecular formula is C12H19N3O3S. The van der Waals surface area contributed by atoms with Crippen LogP contribution in [0.15, 0.2) is 29.2 Å². The van der Waals surface area contributed by atoms with Crippen molar-refractivity contribution < 1.29 is 13.2 Å². The van der Waals surface area contributed by atoms with Gasteiger partial charge in [-0.25, -0.2) is 13.1 Å². The van der Waals surface area contributed by atoms with Gasteiger partial charge in [-0.05, 0) is 31.3 Å². The normalized spacial score (nSPS) is 11.3. The number of hydrogen-bond donors (Lipinski definition) is 3. The largest absolute Gasteiger partial charge is 0.326 e. The molecule has 0 unspecified atom stereocenters. The number of hydrogen-bond acceptors (Lipinski definition) is 4. The first-order chi connectivity index (χ1) is 8.99. The lowest BCUT2D eigenvalue weighted by molar-refractivity contribution is -0.115. The molecule has 7 heteroatoms. The predicted molar refractivity (Wildman–Crippen MR) is 74.5 cm³/mol. The molecule has 6 nitrogen and oxygen atoms in total. The first-order valence-electron chi connectivity index (χ1n) is 6.03. The highest BCUT2D eigenvalue weighted by Crippen LogP contribution is 2.13. The van der Waals surface area contributed by atoms with Crippen LogP contribution in [-0.2, 0) is 14.8 Å². The molecule has 1 amide bonds. The van der Waals surface area contributed by atoms with E-state index >= 15 is 0 Å². The highest BCUT2D eigenvalue weighted by atomic mass is 32.2. The third kappa shape index (κ3) is 4.98. The van der Waals surface area contributed by atoms with Gasteiger partial charge in [0.15, 0.2) is 0 Å². The maximum atomic E-state index is 11.9. The zero-order chi connectivity index (χ0) is 14.3. The van der Waals surface area contributed by atoms with Crippen molar-refractivity contribution in [2.24, 2.45) is 0 Å². The Bertz CT molecular complexity index is 512. The molecule has 0 radical (unpaired) electrons. The highest BCUT2D eigenvalue weighted by molar-refractivity contribution is 7.89. The van der Waals surface area contributed by atoms with Gasteiger partial charge in [-0.15, -0.1) is 0 Å². The summed E-state index contributed by atoms with van der Waals surface area (Å²) in [4.78, 5) is 11.4. The summed E-state index contributed by atoms with van der Waals surface area (Å²) < 4.78 is 26.2. The maximum absolute atomic E-state index is 11.9. The fraction of sp³-hybridized carbons (Fsp3) is 0.417. The van der Waals surface area contributed by atoms with Crippen LogP contribution in [0.3, 0.4) is 0 Å². The number of rotatable bonds is 7. The molecule has 0 aliphatic rings. The van der Waals surface area contributed by atoms with Crippen LogP contribution in [0, 0.1) is 0 Å². The summed E-state index contributed by atoms with van der Waals surface area (Å²) in [7, 11) is -1.74. The smallest absolute Gasteiger partial charge is 0.240 e. The first kappa shape index (κ1) is 15.6. The first-order valence-corrected chi connectivity index (χ1v) is 7.52. The van der Waals surface area contributed by atoms with Gasteiger partial charge in [0.1, 0.15) is 0 Å². The SMILES string of the molecule is CCC(=O)Nc1ccc(S(=O)(=O)NCCNC)cc1. The number of benzene rings is 1. The Labute approximate surface area is 113 Å². The van der Waals surface area contributed by atoms with E-state index < -0.39 is 10.0 Å². The molecule has 0 heterocycles. The van der Waals surface area contributed by atoms with Gasteiger partial charge in [0.2, 0.25) is 15.9 Å². The topological polar surface area (TPSA) is 87.3 Å². The van der Waals surface area contributed by atoms with Crippen LogP contribution in [0.2, 0.25) is 0 Å². The second-order valence-electron chi connectivity index (χ2n) is 3.93. The van der Waals surface area contributed by atoms with Crippen LogP contribution in [0.5, 0.6) is 0 Å². The number of amides is 1. The molecule has 0 aliphatic heterocycles. The minimum absolute atomic E-state index is 0.109.